The molecule has 1 atom stereocenters. The summed E-state index contributed by atoms with van der Waals surface area (Å²) in [5, 5.41) is 3.18. The molecule has 0 spiro atoms. The minimum Gasteiger partial charge on any atom is -0.493 e. The van der Waals surface area contributed by atoms with Gasteiger partial charge in [-0.15, -0.1) is 0 Å². The molecule has 3 rings (SSSR count). The Morgan fingerprint density at radius 1 is 1.07 bits per heavy atom. The highest BCUT2D eigenvalue weighted by Gasteiger charge is 2.25. The van der Waals surface area contributed by atoms with Crippen molar-refractivity contribution in [1.29, 1.82) is 0 Å². The van der Waals surface area contributed by atoms with Gasteiger partial charge in [-0.2, -0.15) is 0 Å². The Hall–Kier alpha value is -2.33. The predicted molar refractivity (Wildman–Crippen MR) is 123 cm³/mol. The largest absolute Gasteiger partial charge is 0.493 e. The molecule has 1 fully saturated rings. The Kier molecular flexibility index (Phi) is 7.54. The number of para-hydroxylation sites is 1. The van der Waals surface area contributed by atoms with Crippen molar-refractivity contribution >= 4 is 5.91 Å². The Bertz CT molecular complexity index is 818. The van der Waals surface area contributed by atoms with Crippen molar-refractivity contribution < 1.29 is 9.53 Å². The van der Waals surface area contributed by atoms with Crippen LogP contribution in [0.4, 0.5) is 0 Å². The fourth-order valence-electron chi connectivity index (χ4n) is 3.99. The van der Waals surface area contributed by atoms with Gasteiger partial charge in [0, 0.05) is 6.54 Å². The van der Waals surface area contributed by atoms with Gasteiger partial charge < -0.3 is 10.1 Å². The lowest BCUT2D eigenvalue weighted by atomic mass is 9.86. The molecule has 4 nitrogen and oxygen atoms in total. The van der Waals surface area contributed by atoms with Crippen molar-refractivity contribution in [2.75, 3.05) is 26.2 Å². The molecule has 30 heavy (non-hydrogen) atoms. The molecule has 0 aromatic heterocycles. The van der Waals surface area contributed by atoms with E-state index in [1.807, 2.05) is 24.3 Å². The highest BCUT2D eigenvalue weighted by atomic mass is 16.5. The average molecular weight is 409 g/mol. The first-order chi connectivity index (χ1) is 14.4. The number of likely N-dealkylation sites (tertiary alicyclic amines) is 1. The van der Waals surface area contributed by atoms with Gasteiger partial charge in [-0.05, 0) is 61.0 Å². The van der Waals surface area contributed by atoms with Gasteiger partial charge in [-0.3, -0.25) is 9.69 Å². The van der Waals surface area contributed by atoms with Crippen molar-refractivity contribution in [2.24, 2.45) is 0 Å². The van der Waals surface area contributed by atoms with Gasteiger partial charge >= 0.3 is 0 Å². The van der Waals surface area contributed by atoms with E-state index < -0.39 is 0 Å². The number of nitrogens with zero attached hydrogens (tertiary/aromatic N) is 1. The van der Waals surface area contributed by atoms with Crippen LogP contribution in [0, 0.1) is 0 Å². The highest BCUT2D eigenvalue weighted by molar-refractivity contribution is 5.96. The molecule has 4 heteroatoms. The van der Waals surface area contributed by atoms with E-state index in [4.69, 9.17) is 4.74 Å². The first kappa shape index (κ1) is 22.4. The normalized spacial score (nSPS) is 15.7. The standard InChI is InChI=1S/C26H36N2O2/c1-5-18-30-24-11-7-6-10-22(24)25(29)27-19-23(28-16-8-9-17-28)20-12-14-21(15-13-20)26(2,3)4/h6-7,10-15,23H,5,8-9,16-19H2,1-4H3,(H,27,29)/t23-/m0/s1. The number of nitrogens with one attached hydrogen (secondary N) is 1. The molecule has 162 valence electrons. The van der Waals surface area contributed by atoms with Crippen molar-refractivity contribution in [3.8, 4) is 5.75 Å². The van der Waals surface area contributed by atoms with Gasteiger partial charge in [0.15, 0.2) is 0 Å². The fourth-order valence-corrected chi connectivity index (χ4v) is 3.99. The maximum absolute atomic E-state index is 13.0. The van der Waals surface area contributed by atoms with Gasteiger partial charge in [0.25, 0.3) is 5.91 Å². The van der Waals surface area contributed by atoms with E-state index in [-0.39, 0.29) is 17.4 Å². The van der Waals surface area contributed by atoms with E-state index >= 15 is 0 Å². The van der Waals surface area contributed by atoms with Crippen molar-refractivity contribution in [3.63, 3.8) is 0 Å². The molecule has 1 aliphatic rings. The summed E-state index contributed by atoms with van der Waals surface area (Å²) in [7, 11) is 0. The number of ether oxygens (including phenoxy) is 1. The second-order valence-corrected chi connectivity index (χ2v) is 9.19. The number of rotatable bonds is 8. The lowest BCUT2D eigenvalue weighted by Gasteiger charge is -2.29. The zero-order chi connectivity index (χ0) is 21.6. The third-order valence-corrected chi connectivity index (χ3v) is 5.79. The molecule has 1 aliphatic heterocycles. The summed E-state index contributed by atoms with van der Waals surface area (Å²) in [6, 6.07) is 16.6. The summed E-state index contributed by atoms with van der Waals surface area (Å²) < 4.78 is 5.77. The van der Waals surface area contributed by atoms with E-state index in [1.54, 1.807) is 0 Å². The number of carbonyl (C=O) groups excluding carboxylic acids is 1. The molecule has 1 amide bonds. The molecule has 0 unspecified atom stereocenters. The Labute approximate surface area is 181 Å². The molecule has 1 N–H and O–H groups in total. The van der Waals surface area contributed by atoms with Crippen LogP contribution < -0.4 is 10.1 Å². The van der Waals surface area contributed by atoms with E-state index in [0.717, 1.165) is 19.5 Å². The number of hydrogen-bond donors (Lipinski definition) is 1. The van der Waals surface area contributed by atoms with Gasteiger partial charge in [0.1, 0.15) is 5.75 Å². The second-order valence-electron chi connectivity index (χ2n) is 9.19. The van der Waals surface area contributed by atoms with Gasteiger partial charge in [0.2, 0.25) is 0 Å². The maximum Gasteiger partial charge on any atom is 0.255 e. The minimum absolute atomic E-state index is 0.0720. The zero-order valence-corrected chi connectivity index (χ0v) is 18.9. The SMILES string of the molecule is CCCOc1ccccc1C(=O)NC[C@@H](c1ccc(C(C)(C)C)cc1)N1CCCC1. The third-order valence-electron chi connectivity index (χ3n) is 5.79. The number of carbonyl (C=O) groups is 1. The second kappa shape index (κ2) is 10.1. The molecular formula is C26H36N2O2. The van der Waals surface area contributed by atoms with Crippen LogP contribution in [-0.2, 0) is 5.41 Å². The molecule has 0 saturated carbocycles. The molecule has 2 aromatic carbocycles. The first-order valence-electron chi connectivity index (χ1n) is 11.2. The number of hydrogen-bond acceptors (Lipinski definition) is 3. The van der Waals surface area contributed by atoms with Crippen LogP contribution >= 0.6 is 0 Å². The summed E-state index contributed by atoms with van der Waals surface area (Å²) >= 11 is 0. The van der Waals surface area contributed by atoms with Crippen molar-refractivity contribution in [1.82, 2.24) is 10.2 Å². The fraction of sp³-hybridized carbons (Fsp3) is 0.500. The Morgan fingerprint density at radius 3 is 2.37 bits per heavy atom. The third kappa shape index (κ3) is 5.63. The van der Waals surface area contributed by atoms with Crippen molar-refractivity contribution in [2.45, 2.75) is 58.4 Å². The predicted octanol–water partition coefficient (Wildman–Crippen LogP) is 5.34. The smallest absolute Gasteiger partial charge is 0.255 e. The monoisotopic (exact) mass is 408 g/mol. The van der Waals surface area contributed by atoms with Crippen LogP contribution in [-0.4, -0.2) is 37.0 Å². The van der Waals surface area contributed by atoms with Gasteiger partial charge in [-0.25, -0.2) is 0 Å². The van der Waals surface area contributed by atoms with Crippen LogP contribution in [0.25, 0.3) is 0 Å². The van der Waals surface area contributed by atoms with Crippen LogP contribution in [0.15, 0.2) is 48.5 Å². The van der Waals surface area contributed by atoms with Gasteiger partial charge in [0.05, 0.1) is 18.2 Å². The molecule has 0 radical (unpaired) electrons. The summed E-state index contributed by atoms with van der Waals surface area (Å²) in [6.45, 7) is 12.1. The number of amides is 1. The van der Waals surface area contributed by atoms with Crippen molar-refractivity contribution in [3.05, 3.63) is 65.2 Å². The lowest BCUT2D eigenvalue weighted by Crippen LogP contribution is -2.37. The van der Waals surface area contributed by atoms with E-state index in [1.165, 1.54) is 24.0 Å². The molecule has 0 bridgehead atoms. The average Bonchev–Trinajstić information content (AvgIpc) is 3.27. The molecule has 1 saturated heterocycles. The summed E-state index contributed by atoms with van der Waals surface area (Å²) in [6.07, 6.45) is 3.36. The van der Waals surface area contributed by atoms with E-state index in [2.05, 4.69) is 62.2 Å². The maximum atomic E-state index is 13.0. The van der Waals surface area contributed by atoms with Gasteiger partial charge in [-0.1, -0.05) is 64.1 Å². The first-order valence-corrected chi connectivity index (χ1v) is 11.2. The molecule has 1 heterocycles. The summed E-state index contributed by atoms with van der Waals surface area (Å²) in [5.41, 5.74) is 3.34. The topological polar surface area (TPSA) is 41.6 Å². The summed E-state index contributed by atoms with van der Waals surface area (Å²) in [5.74, 6) is 0.585. The molecular weight excluding hydrogens is 372 g/mol. The minimum atomic E-state index is -0.0720. The van der Waals surface area contributed by atoms with E-state index in [9.17, 15) is 4.79 Å². The van der Waals surface area contributed by atoms with Crippen LogP contribution in [0.2, 0.25) is 0 Å². The quantitative estimate of drug-likeness (QED) is 0.641. The van der Waals surface area contributed by atoms with Crippen LogP contribution in [0.1, 0.15) is 74.5 Å². The van der Waals surface area contributed by atoms with E-state index in [0.29, 0.717) is 24.5 Å². The van der Waals surface area contributed by atoms with Crippen LogP contribution in [0.3, 0.4) is 0 Å². The highest BCUT2D eigenvalue weighted by Crippen LogP contribution is 2.28. The van der Waals surface area contributed by atoms with Crippen LogP contribution in [0.5, 0.6) is 5.75 Å². The summed E-state index contributed by atoms with van der Waals surface area (Å²) in [4.78, 5) is 15.4. The molecule has 0 aliphatic carbocycles. The Morgan fingerprint density at radius 2 is 1.73 bits per heavy atom. The number of benzene rings is 2. The Balaban J connectivity index is 1.74. The molecule has 2 aromatic rings. The zero-order valence-electron chi connectivity index (χ0n) is 18.9. The lowest BCUT2D eigenvalue weighted by molar-refractivity contribution is 0.0934.